The Kier molecular flexibility index (Phi) is 24.1. The first-order valence-corrected chi connectivity index (χ1v) is 22.5. The quantitative estimate of drug-likeness (QED) is 0.0289. The fourth-order valence-electron chi connectivity index (χ4n) is 6.15. The molecule has 15 atom stereocenters. The Morgan fingerprint density at radius 2 is 0.825 bits per heavy atom. The van der Waals surface area contributed by atoms with Crippen molar-refractivity contribution in [1.29, 1.82) is 0 Å². The maximum Gasteiger partial charge on any atom is 0.132 e. The minimum absolute atomic E-state index is 0.187. The standard InChI is InChI=1S/C34H63NO18S4/c1-18(54)35-14-34(15-48-5-2-8-55-31-28(45)25(42)22(39)19(11-36)51-31,16-49-6-3-9-56-32-29(46)26(43)23(40)20(12-37)52-32)17-50-7-4-10-57-33-30(47)27(44)24(41)21(13-38)53-33/h19-33,36-47H,2-17H2,1H3,(H,35,54)/t19?,20?,21?,22-,23-,24-,25?,26?,27?,28+,29+,30?,31+,32+,33+,34?/m1/s1. The number of thiocarbonyl (C=S) groups is 1. The lowest BCUT2D eigenvalue weighted by molar-refractivity contribution is -0.205. The topological polar surface area (TPSA) is 310 Å². The highest BCUT2D eigenvalue weighted by atomic mass is 32.2. The molecule has 0 amide bonds. The van der Waals surface area contributed by atoms with Crippen LogP contribution in [0.2, 0.25) is 0 Å². The molecule has 3 fully saturated rings. The Balaban J connectivity index is 1.53. The number of aliphatic hydroxyl groups excluding tert-OH is 12. The zero-order valence-electron chi connectivity index (χ0n) is 31.9. The molecule has 13 N–H and O–H groups in total. The first kappa shape index (κ1) is 51.6. The summed E-state index contributed by atoms with van der Waals surface area (Å²) in [6, 6.07) is 0. The molecular formula is C34H63NO18S4. The van der Waals surface area contributed by atoms with Gasteiger partial charge in [0.25, 0.3) is 0 Å². The fraction of sp³-hybridized carbons (Fsp3) is 0.971. The van der Waals surface area contributed by atoms with E-state index in [-0.39, 0.29) is 19.8 Å². The molecule has 3 heterocycles. The monoisotopic (exact) mass is 901 g/mol. The molecule has 23 heteroatoms. The summed E-state index contributed by atoms with van der Waals surface area (Å²) < 4.78 is 35.1. The van der Waals surface area contributed by atoms with E-state index in [0.29, 0.717) is 67.9 Å². The van der Waals surface area contributed by atoms with Crippen molar-refractivity contribution in [2.75, 3.05) is 83.3 Å². The van der Waals surface area contributed by atoms with Crippen LogP contribution in [0.5, 0.6) is 0 Å². The summed E-state index contributed by atoms with van der Waals surface area (Å²) >= 11 is 8.98. The van der Waals surface area contributed by atoms with Gasteiger partial charge in [-0.1, -0.05) is 12.2 Å². The van der Waals surface area contributed by atoms with Crippen LogP contribution in [0.4, 0.5) is 0 Å². The molecule has 3 aliphatic rings. The molecule has 3 aliphatic heterocycles. The summed E-state index contributed by atoms with van der Waals surface area (Å²) in [6.45, 7) is 2.00. The second kappa shape index (κ2) is 26.6. The molecule has 0 aromatic rings. The minimum atomic E-state index is -1.46. The highest BCUT2D eigenvalue weighted by Crippen LogP contribution is 2.31. The average molecular weight is 902 g/mol. The van der Waals surface area contributed by atoms with Crippen molar-refractivity contribution >= 4 is 52.5 Å². The summed E-state index contributed by atoms with van der Waals surface area (Å²) in [6.07, 6.45) is -14.1. The van der Waals surface area contributed by atoms with Crippen molar-refractivity contribution in [3.8, 4) is 0 Å². The van der Waals surface area contributed by atoms with Gasteiger partial charge < -0.3 is 95.0 Å². The van der Waals surface area contributed by atoms with Gasteiger partial charge in [-0.3, -0.25) is 0 Å². The van der Waals surface area contributed by atoms with Gasteiger partial charge >= 0.3 is 0 Å². The van der Waals surface area contributed by atoms with E-state index in [1.54, 1.807) is 6.92 Å². The van der Waals surface area contributed by atoms with Crippen LogP contribution in [0.25, 0.3) is 0 Å². The number of nitrogens with one attached hydrogen (secondary N) is 1. The summed E-state index contributed by atoms with van der Waals surface area (Å²) in [7, 11) is 0. The van der Waals surface area contributed by atoms with Gasteiger partial charge in [0, 0.05) is 26.4 Å². The van der Waals surface area contributed by atoms with Crippen LogP contribution in [0.1, 0.15) is 26.2 Å². The number of thioether (sulfide) groups is 3. The van der Waals surface area contributed by atoms with Crippen molar-refractivity contribution in [1.82, 2.24) is 5.32 Å². The lowest BCUT2D eigenvalue weighted by atomic mass is 9.90. The molecule has 19 nitrogen and oxygen atoms in total. The van der Waals surface area contributed by atoms with E-state index in [1.807, 2.05) is 0 Å². The molecule has 336 valence electrons. The molecule has 0 aromatic carbocycles. The van der Waals surface area contributed by atoms with Crippen LogP contribution < -0.4 is 5.32 Å². The van der Waals surface area contributed by atoms with Gasteiger partial charge in [-0.05, 0) is 43.4 Å². The zero-order valence-corrected chi connectivity index (χ0v) is 35.2. The molecule has 3 saturated heterocycles. The van der Waals surface area contributed by atoms with E-state index in [9.17, 15) is 61.3 Å². The lowest BCUT2D eigenvalue weighted by Gasteiger charge is -2.39. The highest BCUT2D eigenvalue weighted by molar-refractivity contribution is 8.00. The minimum Gasteiger partial charge on any atom is -0.394 e. The summed E-state index contributed by atoms with van der Waals surface area (Å²) in [5.41, 5.74) is -3.30. The van der Waals surface area contributed by atoms with Gasteiger partial charge in [0.2, 0.25) is 0 Å². The predicted octanol–water partition coefficient (Wildman–Crippen LogP) is -4.27. The Hall–Kier alpha value is 0.220. The molecular weight excluding hydrogens is 839 g/mol. The smallest absolute Gasteiger partial charge is 0.132 e. The first-order chi connectivity index (χ1) is 27.2. The molecule has 57 heavy (non-hydrogen) atoms. The first-order valence-electron chi connectivity index (χ1n) is 18.9. The van der Waals surface area contributed by atoms with Gasteiger partial charge in [-0.2, -0.15) is 0 Å². The van der Waals surface area contributed by atoms with Gasteiger partial charge in [0.15, 0.2) is 0 Å². The maximum absolute atomic E-state index is 10.3. The van der Waals surface area contributed by atoms with Crippen LogP contribution in [0.3, 0.4) is 0 Å². The average Bonchev–Trinajstić information content (AvgIpc) is 3.20. The van der Waals surface area contributed by atoms with Crippen molar-refractivity contribution in [3.05, 3.63) is 0 Å². The van der Waals surface area contributed by atoms with Crippen molar-refractivity contribution < 1.29 is 89.7 Å². The van der Waals surface area contributed by atoms with E-state index >= 15 is 0 Å². The third kappa shape index (κ3) is 15.8. The maximum atomic E-state index is 10.3. The van der Waals surface area contributed by atoms with E-state index in [4.69, 9.17) is 40.6 Å². The number of hydrogen-bond donors (Lipinski definition) is 13. The second-order valence-corrected chi connectivity index (χ2v) is 18.6. The van der Waals surface area contributed by atoms with Crippen LogP contribution in [0.15, 0.2) is 0 Å². The molecule has 0 aromatic heterocycles. The molecule has 0 radical (unpaired) electrons. The Bertz CT molecular complexity index is 1010. The zero-order chi connectivity index (χ0) is 42.1. The third-order valence-electron chi connectivity index (χ3n) is 9.63. The van der Waals surface area contributed by atoms with Crippen molar-refractivity contribution in [3.63, 3.8) is 0 Å². The van der Waals surface area contributed by atoms with Crippen LogP contribution in [-0.4, -0.2) is 239 Å². The Morgan fingerprint density at radius 1 is 0.526 bits per heavy atom. The second-order valence-electron chi connectivity index (χ2n) is 14.3. The fourth-order valence-corrected chi connectivity index (χ4v) is 9.51. The predicted molar refractivity (Wildman–Crippen MR) is 214 cm³/mol. The molecule has 0 aliphatic carbocycles. The number of hydrogen-bond acceptors (Lipinski definition) is 22. The number of aliphatic hydroxyl groups is 12. The third-order valence-corrected chi connectivity index (χ3v) is 13.5. The largest absolute Gasteiger partial charge is 0.394 e. The summed E-state index contributed by atoms with van der Waals surface area (Å²) in [5.74, 6) is 1.41. The van der Waals surface area contributed by atoms with Gasteiger partial charge in [-0.25, -0.2) is 0 Å². The molecule has 0 spiro atoms. The molecule has 7 unspecified atom stereocenters. The number of rotatable bonds is 26. The SMILES string of the molecule is CC(=S)NCC(COCCCS[C@@H]1OC(CO)[C@@H](O)C(O)C1O)(COCCCS[C@@H]1OC(CO)[C@@H](O)C(O)[C@@H]1O)COCCCS[C@@H]1OC(CO)[C@@H](O)C(O)[C@@H]1O. The normalized spacial score (nSPS) is 37.2. The van der Waals surface area contributed by atoms with Crippen LogP contribution in [0, 0.1) is 5.41 Å². The summed E-state index contributed by atoms with van der Waals surface area (Å²) in [4.78, 5) is 0.544. The van der Waals surface area contributed by atoms with Gasteiger partial charge in [-0.15, -0.1) is 35.3 Å². The number of ether oxygens (including phenoxy) is 6. The summed E-state index contributed by atoms with van der Waals surface area (Å²) in [5, 5.41) is 123. The van der Waals surface area contributed by atoms with E-state index in [0.717, 1.165) is 0 Å². The van der Waals surface area contributed by atoms with E-state index in [2.05, 4.69) is 5.32 Å². The van der Waals surface area contributed by atoms with Crippen molar-refractivity contribution in [2.24, 2.45) is 5.41 Å². The van der Waals surface area contributed by atoms with Crippen LogP contribution >= 0.6 is 47.5 Å². The lowest BCUT2D eigenvalue weighted by Crippen LogP contribution is -2.57. The van der Waals surface area contributed by atoms with E-state index < -0.39 is 115 Å². The Labute approximate surface area is 350 Å². The Morgan fingerprint density at radius 3 is 1.09 bits per heavy atom. The molecule has 0 bridgehead atoms. The highest BCUT2D eigenvalue weighted by Gasteiger charge is 2.45. The van der Waals surface area contributed by atoms with Crippen molar-refractivity contribution in [2.45, 2.75) is 116 Å². The van der Waals surface area contributed by atoms with Crippen LogP contribution in [-0.2, 0) is 28.4 Å². The van der Waals surface area contributed by atoms with Gasteiger partial charge in [0.1, 0.15) is 89.6 Å². The molecule has 3 rings (SSSR count). The van der Waals surface area contributed by atoms with Gasteiger partial charge in [0.05, 0.1) is 50.0 Å². The molecule has 0 saturated carbocycles. The van der Waals surface area contributed by atoms with E-state index in [1.165, 1.54) is 35.3 Å².